The van der Waals surface area contributed by atoms with Crippen molar-refractivity contribution in [2.75, 3.05) is 26.4 Å². The van der Waals surface area contributed by atoms with E-state index in [-0.39, 0.29) is 77.5 Å². The number of rotatable bonds is 8. The molecule has 0 aromatic heterocycles. The van der Waals surface area contributed by atoms with E-state index in [1.165, 1.54) is 5.57 Å². The van der Waals surface area contributed by atoms with Crippen LogP contribution in [-0.2, 0) is 19.1 Å². The van der Waals surface area contributed by atoms with Gasteiger partial charge in [-0.05, 0) is 128 Å². The summed E-state index contributed by atoms with van der Waals surface area (Å²) in [6.45, 7) is 9.00. The Labute approximate surface area is 338 Å². The fraction of sp³-hybridized carbons (Fsp3) is 0.911. The Kier molecular flexibility index (Phi) is 10.9. The third-order valence-electron chi connectivity index (χ3n) is 19.0. The third kappa shape index (κ3) is 6.02. The van der Waals surface area contributed by atoms with E-state index in [0.717, 1.165) is 57.8 Å². The highest BCUT2D eigenvalue weighted by Gasteiger charge is 2.76. The zero-order valence-corrected chi connectivity index (χ0v) is 34.7. The highest BCUT2D eigenvalue weighted by Crippen LogP contribution is 2.79. The summed E-state index contributed by atoms with van der Waals surface area (Å²) < 4.78 is 12.4. The van der Waals surface area contributed by atoms with Crippen LogP contribution < -0.4 is 5.32 Å². The van der Waals surface area contributed by atoms with Crippen molar-refractivity contribution in [2.24, 2.45) is 68.0 Å². The van der Waals surface area contributed by atoms with Crippen LogP contribution in [0.15, 0.2) is 11.6 Å². The maximum Gasteiger partial charge on any atom is 0.310 e. The maximum absolute atomic E-state index is 13.4. The molecule has 2 aliphatic heterocycles. The van der Waals surface area contributed by atoms with Crippen LogP contribution in [0.2, 0.25) is 0 Å². The lowest BCUT2D eigenvalue weighted by Gasteiger charge is -2.76. The Morgan fingerprint density at radius 2 is 1.61 bits per heavy atom. The van der Waals surface area contributed by atoms with Gasteiger partial charge in [-0.15, -0.1) is 0 Å². The number of hydrogen-bond acceptors (Lipinski definition) is 10. The van der Waals surface area contributed by atoms with E-state index >= 15 is 0 Å². The van der Waals surface area contributed by atoms with Crippen LogP contribution >= 0.6 is 0 Å². The number of carbonyl (C=O) groups is 2. The van der Waals surface area contributed by atoms with Crippen molar-refractivity contribution in [3.05, 3.63) is 11.6 Å². The number of ether oxygens (including phenoxy) is 2. The van der Waals surface area contributed by atoms with E-state index in [0.29, 0.717) is 45.1 Å². The molecule has 8 N–H and O–H groups in total. The summed E-state index contributed by atoms with van der Waals surface area (Å²) in [5, 5.41) is 81.5. The van der Waals surface area contributed by atoms with Gasteiger partial charge in [-0.1, -0.05) is 58.6 Å². The number of nitrogens with one attached hydrogen (secondary N) is 1. The summed E-state index contributed by atoms with van der Waals surface area (Å²) in [7, 11) is 0. The van der Waals surface area contributed by atoms with Crippen molar-refractivity contribution in [3.8, 4) is 0 Å². The molecule has 57 heavy (non-hydrogen) atoms. The lowest BCUT2D eigenvalue weighted by Crippen LogP contribution is -2.74. The summed E-state index contributed by atoms with van der Waals surface area (Å²) >= 11 is 0. The highest BCUT2D eigenvalue weighted by molar-refractivity contribution is 5.78. The van der Waals surface area contributed by atoms with E-state index in [1.807, 2.05) is 6.92 Å². The number of amides is 1. The minimum atomic E-state index is -1.56. The van der Waals surface area contributed by atoms with Crippen LogP contribution in [0, 0.1) is 68.0 Å². The second kappa shape index (κ2) is 14.8. The van der Waals surface area contributed by atoms with Crippen molar-refractivity contribution >= 4 is 11.9 Å². The number of carboxylic acid groups (broad SMARTS) is 1. The van der Waals surface area contributed by atoms with Gasteiger partial charge in [0.05, 0.1) is 30.8 Å². The molecular weight excluding hydrogens is 730 g/mol. The van der Waals surface area contributed by atoms with E-state index in [2.05, 4.69) is 32.2 Å². The molecule has 0 radical (unpaired) electrons. The number of aliphatic hydroxyl groups excluding tert-OH is 6. The topological polar surface area (TPSA) is 206 Å². The first-order valence-corrected chi connectivity index (χ1v) is 22.4. The molecule has 8 aliphatic rings. The van der Waals surface area contributed by atoms with Crippen LogP contribution in [0.4, 0.5) is 0 Å². The average molecular weight is 802 g/mol. The number of carboxylic acids is 1. The summed E-state index contributed by atoms with van der Waals surface area (Å²) in [6.07, 6.45) is 6.48. The zero-order chi connectivity index (χ0) is 40.9. The molecule has 7 fully saturated rings. The van der Waals surface area contributed by atoms with Gasteiger partial charge in [0.15, 0.2) is 6.29 Å². The zero-order valence-electron chi connectivity index (χ0n) is 34.7. The predicted octanol–water partition coefficient (Wildman–Crippen LogP) is 3.93. The number of carbonyl (C=O) groups excluding carboxylic acids is 1. The summed E-state index contributed by atoms with van der Waals surface area (Å²) in [5.41, 5.74) is -2.03. The standard InChI is InChI=1S/C45H71NO11/c1-40(23-47)14-16-44(39(54)55)17-15-42(3)27(29(44)20-40)10-11-32-43(42,4)13-12-31-41(2,24-48)37(57-38-36(53)35(52)30(49)22-56-38)34(51)28(18-25-19-33(50)46-21-25)45(31,32)26-8-6-5-7-9-26/h10,25-26,28-32,34-38,47-49,51-53H,5-9,11-24H2,1-4H3,(H,46,50)(H,54,55)/t25-,28+,29-,30+,31+,32-,34+,35-,36+,37+,38-,40-,41-,42+,43+,44-,45-/m0/s1. The summed E-state index contributed by atoms with van der Waals surface area (Å²) in [6, 6.07) is 0. The molecule has 0 unspecified atom stereocenters. The van der Waals surface area contributed by atoms with Gasteiger partial charge in [0, 0.05) is 25.0 Å². The molecule has 17 atom stereocenters. The molecule has 6 aliphatic carbocycles. The SMILES string of the molecule is C[C@]1(CO)CC[C@]2(C(=O)O)CC[C@]3(C)C(=CC[C@@H]4[C@@]5(C6CCCCC6)[C@H](C[C@@H]6CNC(=O)C6)[C@@H](O)[C@@H](O[C@@H]6OC[C@@H](O)[C@H](O)[C@H]6O)[C@@](C)(CO)[C@H]5CC[C@]43C)[C@@H]2C1. The fourth-order valence-corrected chi connectivity index (χ4v) is 15.7. The van der Waals surface area contributed by atoms with Crippen molar-refractivity contribution in [3.63, 3.8) is 0 Å². The first kappa shape index (κ1) is 42.1. The maximum atomic E-state index is 13.4. The third-order valence-corrected chi connectivity index (χ3v) is 19.0. The molecule has 0 bridgehead atoms. The van der Waals surface area contributed by atoms with Gasteiger partial charge in [-0.25, -0.2) is 0 Å². The first-order chi connectivity index (χ1) is 27.0. The second-order valence-electron chi connectivity index (χ2n) is 21.5. The number of fused-ring (bicyclic) bond motifs is 7. The van der Waals surface area contributed by atoms with Crippen molar-refractivity contribution in [1.29, 1.82) is 0 Å². The fourth-order valence-electron chi connectivity index (χ4n) is 15.7. The van der Waals surface area contributed by atoms with Gasteiger partial charge >= 0.3 is 5.97 Å². The molecule has 8 rings (SSSR count). The van der Waals surface area contributed by atoms with Crippen molar-refractivity contribution < 1.29 is 54.8 Å². The average Bonchev–Trinajstić information content (AvgIpc) is 3.62. The van der Waals surface area contributed by atoms with Crippen LogP contribution in [0.1, 0.15) is 124 Å². The van der Waals surface area contributed by atoms with E-state index < -0.39 is 59.0 Å². The van der Waals surface area contributed by atoms with E-state index in [4.69, 9.17) is 9.47 Å². The monoisotopic (exact) mass is 802 g/mol. The minimum absolute atomic E-state index is 0.00514. The Morgan fingerprint density at radius 1 is 0.895 bits per heavy atom. The van der Waals surface area contributed by atoms with Crippen LogP contribution in [0.25, 0.3) is 0 Å². The van der Waals surface area contributed by atoms with Crippen LogP contribution in [0.3, 0.4) is 0 Å². The molecule has 0 aromatic rings. The molecule has 0 spiro atoms. The van der Waals surface area contributed by atoms with Crippen LogP contribution in [0.5, 0.6) is 0 Å². The van der Waals surface area contributed by atoms with Gasteiger partial charge in [0.2, 0.25) is 5.91 Å². The Balaban J connectivity index is 1.29. The molecule has 1 amide bonds. The summed E-state index contributed by atoms with van der Waals surface area (Å²) in [5.74, 6) is -1.03. The number of hydrogen-bond donors (Lipinski definition) is 8. The largest absolute Gasteiger partial charge is 0.481 e. The molecular formula is C45H71NO11. The smallest absolute Gasteiger partial charge is 0.310 e. The molecule has 322 valence electrons. The number of aliphatic hydroxyl groups is 6. The Bertz CT molecular complexity index is 1590. The van der Waals surface area contributed by atoms with Crippen molar-refractivity contribution in [1.82, 2.24) is 5.32 Å². The highest BCUT2D eigenvalue weighted by atomic mass is 16.7. The summed E-state index contributed by atoms with van der Waals surface area (Å²) in [4.78, 5) is 26.1. The number of aliphatic carboxylic acids is 1. The lowest BCUT2D eigenvalue weighted by atomic mass is 9.29. The molecule has 2 heterocycles. The minimum Gasteiger partial charge on any atom is -0.481 e. The van der Waals surface area contributed by atoms with E-state index in [9.17, 15) is 45.3 Å². The normalized spacial score (nSPS) is 52.8. The molecule has 12 heteroatoms. The van der Waals surface area contributed by atoms with Crippen molar-refractivity contribution in [2.45, 2.75) is 161 Å². The quantitative estimate of drug-likeness (QED) is 0.130. The predicted molar refractivity (Wildman–Crippen MR) is 209 cm³/mol. The number of allylic oxidation sites excluding steroid dienone is 2. The van der Waals surface area contributed by atoms with E-state index in [1.54, 1.807) is 0 Å². The van der Waals surface area contributed by atoms with Gasteiger partial charge < -0.3 is 50.5 Å². The second-order valence-corrected chi connectivity index (χ2v) is 21.5. The van der Waals surface area contributed by atoms with Gasteiger partial charge in [0.1, 0.15) is 18.3 Å². The van der Waals surface area contributed by atoms with Gasteiger partial charge in [-0.2, -0.15) is 0 Å². The van der Waals surface area contributed by atoms with Crippen LogP contribution in [-0.4, -0.2) is 111 Å². The molecule has 0 aromatic carbocycles. The molecule has 2 saturated heterocycles. The lowest BCUT2D eigenvalue weighted by molar-refractivity contribution is -0.349. The Morgan fingerprint density at radius 3 is 2.26 bits per heavy atom. The Hall–Kier alpha value is -1.64. The first-order valence-electron chi connectivity index (χ1n) is 22.4. The van der Waals surface area contributed by atoms with Gasteiger partial charge in [-0.3, -0.25) is 9.59 Å². The molecule has 5 saturated carbocycles. The van der Waals surface area contributed by atoms with Gasteiger partial charge in [0.25, 0.3) is 0 Å². The molecule has 12 nitrogen and oxygen atoms in total.